The van der Waals surface area contributed by atoms with Crippen LogP contribution in [0.1, 0.15) is 42.4 Å². The van der Waals surface area contributed by atoms with Crippen LogP contribution in [0.4, 0.5) is 31.5 Å². The molecular formula is C22H15F6N3O2S. The van der Waals surface area contributed by atoms with Gasteiger partial charge in [0.2, 0.25) is 0 Å². The fourth-order valence-corrected chi connectivity index (χ4v) is 4.46. The zero-order chi connectivity index (χ0) is 24.7. The maximum atomic E-state index is 13.1. The van der Waals surface area contributed by atoms with Crippen LogP contribution in [0.5, 0.6) is 0 Å². The van der Waals surface area contributed by atoms with E-state index in [9.17, 15) is 35.9 Å². The van der Waals surface area contributed by atoms with E-state index < -0.39 is 35.0 Å². The molecule has 0 saturated heterocycles. The quantitative estimate of drug-likeness (QED) is 0.475. The van der Waals surface area contributed by atoms with Crippen LogP contribution in [0.25, 0.3) is 0 Å². The highest BCUT2D eigenvalue weighted by Crippen LogP contribution is 2.37. The van der Waals surface area contributed by atoms with Crippen molar-refractivity contribution in [2.45, 2.75) is 25.3 Å². The van der Waals surface area contributed by atoms with Gasteiger partial charge in [0, 0.05) is 29.0 Å². The molecule has 2 amide bonds. The minimum Gasteiger partial charge on any atom is -0.333 e. The maximum Gasteiger partial charge on any atom is 0.416 e. The van der Waals surface area contributed by atoms with E-state index in [0.29, 0.717) is 41.2 Å². The van der Waals surface area contributed by atoms with E-state index in [1.54, 1.807) is 35.2 Å². The van der Waals surface area contributed by atoms with Gasteiger partial charge in [-0.1, -0.05) is 29.5 Å². The summed E-state index contributed by atoms with van der Waals surface area (Å²) < 4.78 is 78.4. The Morgan fingerprint density at radius 3 is 2.12 bits per heavy atom. The minimum atomic E-state index is -5.06. The van der Waals surface area contributed by atoms with Crippen molar-refractivity contribution >= 4 is 28.3 Å². The molecule has 0 spiro atoms. The van der Waals surface area contributed by atoms with Gasteiger partial charge in [0.25, 0.3) is 11.8 Å². The summed E-state index contributed by atoms with van der Waals surface area (Å²) in [4.78, 5) is 31.7. The fourth-order valence-electron chi connectivity index (χ4n) is 3.44. The van der Waals surface area contributed by atoms with Crippen LogP contribution in [-0.4, -0.2) is 28.2 Å². The van der Waals surface area contributed by atoms with Gasteiger partial charge in [-0.15, -0.1) is 0 Å². The average Bonchev–Trinajstić information content (AvgIpc) is 3.19. The van der Waals surface area contributed by atoms with Crippen molar-refractivity contribution in [3.05, 3.63) is 81.4 Å². The van der Waals surface area contributed by atoms with E-state index in [0.717, 1.165) is 11.3 Å². The number of carbonyl (C=O) groups is 2. The Bertz CT molecular complexity index is 1210. The third-order valence-corrected chi connectivity index (χ3v) is 6.11. The molecule has 34 heavy (non-hydrogen) atoms. The molecule has 1 N–H and O–H groups in total. The molecule has 3 aromatic rings. The van der Waals surface area contributed by atoms with Crippen LogP contribution in [0.2, 0.25) is 0 Å². The van der Waals surface area contributed by atoms with E-state index in [4.69, 9.17) is 0 Å². The summed E-state index contributed by atoms with van der Waals surface area (Å²) in [5, 5.41) is 2.30. The van der Waals surface area contributed by atoms with Gasteiger partial charge in [-0.25, -0.2) is 4.98 Å². The van der Waals surface area contributed by atoms with Crippen molar-refractivity contribution < 1.29 is 35.9 Å². The molecule has 0 fully saturated rings. The van der Waals surface area contributed by atoms with Crippen LogP contribution in [0, 0.1) is 0 Å². The lowest BCUT2D eigenvalue weighted by atomic mass is 10.0. The second-order valence-electron chi connectivity index (χ2n) is 7.48. The standard InChI is InChI=1S/C22H15F6N3O2S/c23-21(24,25)14-8-13(9-15(10-14)22(26,27)28)18(32)30-20-29-16-6-7-31(11-17(16)34-20)19(33)12-4-2-1-3-5-12/h1-5,8-10H,6-7,11H2,(H,29,30,32). The summed E-state index contributed by atoms with van der Waals surface area (Å²) in [6.07, 6.45) is -9.74. The average molecular weight is 499 g/mol. The molecule has 5 nitrogen and oxygen atoms in total. The van der Waals surface area contributed by atoms with Gasteiger partial charge in [-0.2, -0.15) is 26.3 Å². The Morgan fingerprint density at radius 1 is 0.912 bits per heavy atom. The summed E-state index contributed by atoms with van der Waals surface area (Å²) in [6.45, 7) is 0.596. The lowest BCUT2D eigenvalue weighted by molar-refractivity contribution is -0.143. The highest BCUT2D eigenvalue weighted by molar-refractivity contribution is 7.15. The van der Waals surface area contributed by atoms with Crippen LogP contribution in [-0.2, 0) is 25.3 Å². The molecule has 0 radical (unpaired) electrons. The number of thiazole rings is 1. The molecule has 0 atom stereocenters. The molecule has 0 bridgehead atoms. The van der Waals surface area contributed by atoms with E-state index >= 15 is 0 Å². The first-order valence-corrected chi connectivity index (χ1v) is 10.7. The Balaban J connectivity index is 1.54. The van der Waals surface area contributed by atoms with Crippen LogP contribution < -0.4 is 5.32 Å². The summed E-state index contributed by atoms with van der Waals surface area (Å²) >= 11 is 1.01. The SMILES string of the molecule is O=C(Nc1nc2c(s1)CN(C(=O)c1ccccc1)CC2)c1cc(C(F)(F)F)cc(C(F)(F)F)c1. The van der Waals surface area contributed by atoms with Gasteiger partial charge < -0.3 is 4.90 Å². The zero-order valence-electron chi connectivity index (χ0n) is 17.1. The van der Waals surface area contributed by atoms with Gasteiger partial charge in [0.1, 0.15) is 0 Å². The van der Waals surface area contributed by atoms with Crippen molar-refractivity contribution in [2.75, 3.05) is 11.9 Å². The molecule has 0 aliphatic carbocycles. The van der Waals surface area contributed by atoms with Crippen LogP contribution in [0.3, 0.4) is 0 Å². The van der Waals surface area contributed by atoms with Gasteiger partial charge in [-0.05, 0) is 30.3 Å². The van der Waals surface area contributed by atoms with Crippen molar-refractivity contribution in [1.29, 1.82) is 0 Å². The predicted molar refractivity (Wildman–Crippen MR) is 111 cm³/mol. The molecular weight excluding hydrogens is 484 g/mol. The van der Waals surface area contributed by atoms with Crippen LogP contribution >= 0.6 is 11.3 Å². The normalized spacial score (nSPS) is 14.0. The molecule has 1 aliphatic rings. The number of fused-ring (bicyclic) bond motifs is 1. The van der Waals surface area contributed by atoms with Crippen LogP contribution in [0.15, 0.2) is 48.5 Å². The monoisotopic (exact) mass is 499 g/mol. The number of hydrogen-bond acceptors (Lipinski definition) is 4. The lowest BCUT2D eigenvalue weighted by Crippen LogP contribution is -2.35. The number of hydrogen-bond donors (Lipinski definition) is 1. The first kappa shape index (κ1) is 23.7. The summed E-state index contributed by atoms with van der Waals surface area (Å²) in [6, 6.07) is 9.29. The summed E-state index contributed by atoms with van der Waals surface area (Å²) in [5.74, 6) is -1.34. The van der Waals surface area contributed by atoms with E-state index in [1.165, 1.54) is 0 Å². The Hall–Kier alpha value is -3.41. The first-order valence-electron chi connectivity index (χ1n) is 9.85. The number of benzene rings is 2. The van der Waals surface area contributed by atoms with Crippen molar-refractivity contribution in [3.63, 3.8) is 0 Å². The smallest absolute Gasteiger partial charge is 0.333 e. The largest absolute Gasteiger partial charge is 0.416 e. The number of carbonyl (C=O) groups excluding carboxylic acids is 2. The molecule has 2 aromatic carbocycles. The Labute approximate surface area is 193 Å². The third-order valence-electron chi connectivity index (χ3n) is 5.11. The molecule has 0 unspecified atom stereocenters. The Morgan fingerprint density at radius 2 is 1.53 bits per heavy atom. The van der Waals surface area contributed by atoms with Gasteiger partial charge >= 0.3 is 12.4 Å². The highest BCUT2D eigenvalue weighted by Gasteiger charge is 2.37. The van der Waals surface area contributed by atoms with Gasteiger partial charge in [0.15, 0.2) is 5.13 Å². The predicted octanol–water partition coefficient (Wildman–Crippen LogP) is 5.63. The van der Waals surface area contributed by atoms with Crippen molar-refractivity contribution in [2.24, 2.45) is 0 Å². The van der Waals surface area contributed by atoms with Gasteiger partial charge in [0.05, 0.1) is 23.4 Å². The second kappa shape index (κ2) is 8.75. The number of nitrogens with one attached hydrogen (secondary N) is 1. The second-order valence-corrected chi connectivity index (χ2v) is 8.56. The number of halogens is 6. The minimum absolute atomic E-state index is 0.0231. The number of alkyl halides is 6. The number of nitrogens with zero attached hydrogens (tertiary/aromatic N) is 2. The molecule has 178 valence electrons. The number of aromatic nitrogens is 1. The van der Waals surface area contributed by atoms with E-state index in [1.807, 2.05) is 0 Å². The van der Waals surface area contributed by atoms with E-state index in [2.05, 4.69) is 10.3 Å². The first-order chi connectivity index (χ1) is 15.9. The van der Waals surface area contributed by atoms with Crippen molar-refractivity contribution in [3.8, 4) is 0 Å². The number of rotatable bonds is 3. The maximum absolute atomic E-state index is 13.1. The fraction of sp³-hybridized carbons (Fsp3) is 0.227. The Kier molecular flexibility index (Phi) is 6.11. The molecule has 12 heteroatoms. The molecule has 1 aliphatic heterocycles. The lowest BCUT2D eigenvalue weighted by Gasteiger charge is -2.26. The molecule has 1 aromatic heterocycles. The zero-order valence-corrected chi connectivity index (χ0v) is 17.9. The summed E-state index contributed by atoms with van der Waals surface area (Å²) in [7, 11) is 0. The highest BCUT2D eigenvalue weighted by atomic mass is 32.1. The summed E-state index contributed by atoms with van der Waals surface area (Å²) in [5.41, 5.74) is -2.84. The number of anilines is 1. The van der Waals surface area contributed by atoms with Crippen molar-refractivity contribution in [1.82, 2.24) is 9.88 Å². The molecule has 4 rings (SSSR count). The topological polar surface area (TPSA) is 62.3 Å². The van der Waals surface area contributed by atoms with E-state index in [-0.39, 0.29) is 23.6 Å². The third kappa shape index (κ3) is 5.06. The van der Waals surface area contributed by atoms with Gasteiger partial charge in [-0.3, -0.25) is 14.9 Å². The molecule has 0 saturated carbocycles. The number of amides is 2. The molecule has 2 heterocycles.